The lowest BCUT2D eigenvalue weighted by Crippen LogP contribution is -2.24. The number of hydrogen-bond donors (Lipinski definition) is 1. The zero-order valence-corrected chi connectivity index (χ0v) is 19.5. The molecule has 0 fully saturated rings. The molecule has 0 saturated heterocycles. The zero-order chi connectivity index (χ0) is 24.5. The Kier molecular flexibility index (Phi) is 5.66. The lowest BCUT2D eigenvalue weighted by molar-refractivity contribution is 0.101. The fourth-order valence-corrected chi connectivity index (χ4v) is 4.00. The Balaban J connectivity index is 1.59. The van der Waals surface area contributed by atoms with Crippen molar-refractivity contribution in [2.45, 2.75) is 13.5 Å². The second-order valence-electron chi connectivity index (χ2n) is 8.06. The third kappa shape index (κ3) is 4.08. The quantitative estimate of drug-likeness (QED) is 0.407. The third-order valence-corrected chi connectivity index (χ3v) is 5.72. The van der Waals surface area contributed by atoms with Gasteiger partial charge in [-0.25, -0.2) is 4.52 Å². The van der Waals surface area contributed by atoms with Gasteiger partial charge < -0.3 is 14.8 Å². The van der Waals surface area contributed by atoms with E-state index in [4.69, 9.17) is 9.47 Å². The summed E-state index contributed by atoms with van der Waals surface area (Å²) in [6.07, 6.45) is 0. The first kappa shape index (κ1) is 22.1. The molecule has 0 aliphatic carbocycles. The normalized spacial score (nSPS) is 11.1. The molecule has 35 heavy (non-hydrogen) atoms. The molecule has 9 heteroatoms. The Morgan fingerprint density at radius 2 is 1.71 bits per heavy atom. The molecule has 9 nitrogen and oxygen atoms in total. The van der Waals surface area contributed by atoms with Gasteiger partial charge in [0, 0.05) is 11.8 Å². The zero-order valence-electron chi connectivity index (χ0n) is 19.5. The lowest BCUT2D eigenvalue weighted by Gasteiger charge is -2.12. The summed E-state index contributed by atoms with van der Waals surface area (Å²) >= 11 is 0. The van der Waals surface area contributed by atoms with E-state index in [0.717, 1.165) is 11.1 Å². The number of ether oxygens (including phenoxy) is 2. The van der Waals surface area contributed by atoms with Crippen molar-refractivity contribution in [3.05, 3.63) is 94.0 Å². The van der Waals surface area contributed by atoms with Crippen molar-refractivity contribution < 1.29 is 14.3 Å². The van der Waals surface area contributed by atoms with Gasteiger partial charge >= 0.3 is 0 Å². The maximum atomic E-state index is 13.5. The first-order valence-corrected chi connectivity index (χ1v) is 11.0. The van der Waals surface area contributed by atoms with Crippen LogP contribution in [0.3, 0.4) is 0 Å². The van der Waals surface area contributed by atoms with E-state index in [1.807, 2.05) is 55.5 Å². The highest BCUT2D eigenvalue weighted by Crippen LogP contribution is 2.29. The maximum Gasteiger partial charge on any atom is 0.296 e. The highest BCUT2D eigenvalue weighted by atomic mass is 16.5. The summed E-state index contributed by atoms with van der Waals surface area (Å²) < 4.78 is 13.6. The van der Waals surface area contributed by atoms with Crippen LogP contribution in [-0.2, 0) is 6.54 Å². The van der Waals surface area contributed by atoms with Crippen LogP contribution in [0.1, 0.15) is 21.7 Å². The topological polar surface area (TPSA) is 99.8 Å². The number of aromatic nitrogens is 4. The van der Waals surface area contributed by atoms with Gasteiger partial charge in [0.25, 0.3) is 11.5 Å². The van der Waals surface area contributed by atoms with Crippen LogP contribution in [0.4, 0.5) is 5.69 Å². The standard InChI is InChI=1S/C26H23N5O4/c1-16-9-11-19-20(13-16)30(15-17-7-5-4-6-8-17)26(33)24-28-23(29-31(19)24)25(32)27-18-10-12-21(34-2)22(14-18)35-3/h4-14H,15H2,1-3H3,(H,27,32). The van der Waals surface area contributed by atoms with Gasteiger partial charge in [0.2, 0.25) is 11.5 Å². The van der Waals surface area contributed by atoms with Crippen molar-refractivity contribution in [2.75, 3.05) is 19.5 Å². The lowest BCUT2D eigenvalue weighted by atomic mass is 10.2. The fourth-order valence-electron chi connectivity index (χ4n) is 4.00. The number of hydrogen-bond acceptors (Lipinski definition) is 6. The van der Waals surface area contributed by atoms with E-state index in [2.05, 4.69) is 15.4 Å². The third-order valence-electron chi connectivity index (χ3n) is 5.72. The smallest absolute Gasteiger partial charge is 0.296 e. The second kappa shape index (κ2) is 8.94. The Labute approximate surface area is 200 Å². The molecule has 5 aromatic rings. The van der Waals surface area contributed by atoms with Gasteiger partial charge in [0.1, 0.15) is 0 Å². The molecular formula is C26H23N5O4. The van der Waals surface area contributed by atoms with Crippen molar-refractivity contribution in [2.24, 2.45) is 0 Å². The number of methoxy groups -OCH3 is 2. The average molecular weight is 470 g/mol. The van der Waals surface area contributed by atoms with E-state index in [0.29, 0.717) is 34.8 Å². The van der Waals surface area contributed by atoms with Crippen LogP contribution in [0.15, 0.2) is 71.5 Å². The second-order valence-corrected chi connectivity index (χ2v) is 8.06. The Bertz CT molecular complexity index is 1620. The minimum Gasteiger partial charge on any atom is -0.493 e. The monoisotopic (exact) mass is 469 g/mol. The molecule has 0 radical (unpaired) electrons. The van der Waals surface area contributed by atoms with Crippen molar-refractivity contribution in [3.63, 3.8) is 0 Å². The number of fused-ring (bicyclic) bond motifs is 3. The van der Waals surface area contributed by atoms with Gasteiger partial charge in [-0.2, -0.15) is 4.98 Å². The number of carbonyl (C=O) groups excluding carboxylic acids is 1. The summed E-state index contributed by atoms with van der Waals surface area (Å²) in [6.45, 7) is 2.33. The number of carbonyl (C=O) groups is 1. The van der Waals surface area contributed by atoms with Gasteiger partial charge in [-0.15, -0.1) is 5.10 Å². The van der Waals surface area contributed by atoms with E-state index >= 15 is 0 Å². The first-order valence-electron chi connectivity index (χ1n) is 11.0. The minimum absolute atomic E-state index is 0.0785. The molecule has 0 atom stereocenters. The number of nitrogens with one attached hydrogen (secondary N) is 1. The number of amides is 1. The van der Waals surface area contributed by atoms with Crippen LogP contribution in [-0.4, -0.2) is 39.3 Å². The predicted molar refractivity (Wildman–Crippen MR) is 133 cm³/mol. The molecule has 0 aliphatic rings. The van der Waals surface area contributed by atoms with Gasteiger partial charge in [0.15, 0.2) is 11.5 Å². The van der Waals surface area contributed by atoms with Gasteiger partial charge in [-0.1, -0.05) is 36.4 Å². The Morgan fingerprint density at radius 1 is 0.943 bits per heavy atom. The molecular weight excluding hydrogens is 446 g/mol. The molecule has 0 spiro atoms. The molecule has 2 heterocycles. The molecule has 0 aliphatic heterocycles. The highest BCUT2D eigenvalue weighted by Gasteiger charge is 2.20. The van der Waals surface area contributed by atoms with Gasteiger partial charge in [-0.3, -0.25) is 14.2 Å². The molecule has 0 bridgehead atoms. The SMILES string of the molecule is COc1ccc(NC(=O)c2nc3c(=O)n(Cc4ccccc4)c4cc(C)ccc4n3n2)cc1OC. The van der Waals surface area contributed by atoms with E-state index in [9.17, 15) is 9.59 Å². The van der Waals surface area contributed by atoms with Crippen molar-refractivity contribution >= 4 is 28.3 Å². The number of benzene rings is 3. The van der Waals surface area contributed by atoms with Gasteiger partial charge in [-0.05, 0) is 42.3 Å². The minimum atomic E-state index is -0.546. The summed E-state index contributed by atoms with van der Waals surface area (Å²) in [5, 5.41) is 7.13. The van der Waals surface area contributed by atoms with E-state index in [-0.39, 0.29) is 17.0 Å². The molecule has 176 valence electrons. The summed E-state index contributed by atoms with van der Waals surface area (Å²) in [7, 11) is 3.05. The highest BCUT2D eigenvalue weighted by molar-refractivity contribution is 6.02. The number of anilines is 1. The van der Waals surface area contributed by atoms with Crippen molar-refractivity contribution in [1.29, 1.82) is 0 Å². The number of nitrogens with zero attached hydrogens (tertiary/aromatic N) is 4. The number of rotatable bonds is 6. The summed E-state index contributed by atoms with van der Waals surface area (Å²) in [5.41, 5.74) is 3.60. The summed E-state index contributed by atoms with van der Waals surface area (Å²) in [5.74, 6) is 0.349. The van der Waals surface area contributed by atoms with Crippen LogP contribution in [0.2, 0.25) is 0 Å². The first-order chi connectivity index (χ1) is 17.0. The molecule has 0 saturated carbocycles. The van der Waals surface area contributed by atoms with E-state index in [1.54, 1.807) is 22.8 Å². The van der Waals surface area contributed by atoms with Crippen LogP contribution < -0.4 is 20.3 Å². The largest absolute Gasteiger partial charge is 0.493 e. The van der Waals surface area contributed by atoms with E-state index < -0.39 is 5.91 Å². The summed E-state index contributed by atoms with van der Waals surface area (Å²) in [4.78, 5) is 30.8. The molecule has 3 aromatic carbocycles. The molecule has 1 N–H and O–H groups in total. The Morgan fingerprint density at radius 3 is 2.46 bits per heavy atom. The molecule has 0 unspecified atom stereocenters. The summed E-state index contributed by atoms with van der Waals surface area (Å²) in [6, 6.07) is 20.5. The average Bonchev–Trinajstić information content (AvgIpc) is 3.33. The van der Waals surface area contributed by atoms with Crippen LogP contribution in [0.25, 0.3) is 16.7 Å². The Hall–Kier alpha value is -4.66. The molecule has 1 amide bonds. The van der Waals surface area contributed by atoms with Crippen LogP contribution >= 0.6 is 0 Å². The predicted octanol–water partition coefficient (Wildman–Crippen LogP) is 3.67. The molecule has 5 rings (SSSR count). The molecule has 2 aromatic heterocycles. The van der Waals surface area contributed by atoms with Crippen LogP contribution in [0, 0.1) is 6.92 Å². The van der Waals surface area contributed by atoms with Crippen molar-refractivity contribution in [3.8, 4) is 11.5 Å². The maximum absolute atomic E-state index is 13.5. The van der Waals surface area contributed by atoms with Gasteiger partial charge in [0.05, 0.1) is 31.8 Å². The fraction of sp³-hybridized carbons (Fsp3) is 0.154. The van der Waals surface area contributed by atoms with Crippen molar-refractivity contribution in [1.82, 2.24) is 19.2 Å². The van der Waals surface area contributed by atoms with E-state index in [1.165, 1.54) is 18.7 Å². The van der Waals surface area contributed by atoms with Crippen LogP contribution in [0.5, 0.6) is 11.5 Å². The number of aryl methyl sites for hydroxylation is 1.